The number of nitrogens with zero attached hydrogens (tertiary/aromatic N) is 4. The maximum absolute atomic E-state index is 11.6. The molecule has 0 aliphatic heterocycles. The molecule has 2 N–H and O–H groups in total. The number of hydrogen-bond acceptors (Lipinski definition) is 4. The number of imidazole rings is 2. The third kappa shape index (κ3) is 3.41. The predicted octanol–water partition coefficient (Wildman–Crippen LogP) is 4.98. The first-order chi connectivity index (χ1) is 15.5. The van der Waals surface area contributed by atoms with Crippen LogP contribution in [0, 0.1) is 6.92 Å². The Morgan fingerprint density at radius 1 is 1.12 bits per heavy atom. The predicted molar refractivity (Wildman–Crippen MR) is 124 cm³/mol. The first kappa shape index (κ1) is 19.9. The van der Waals surface area contributed by atoms with Crippen molar-refractivity contribution < 1.29 is 9.90 Å². The van der Waals surface area contributed by atoms with E-state index in [2.05, 4.69) is 39.4 Å². The van der Waals surface area contributed by atoms with E-state index >= 15 is 0 Å². The zero-order valence-corrected chi connectivity index (χ0v) is 18.0. The SMILES string of the molecule is CCCc1nc2c(C)ccnc2n1Cc1ccc2nc(-c3ccccc3C(=O)O)[nH]c2c1. The minimum Gasteiger partial charge on any atom is -0.478 e. The van der Waals surface area contributed by atoms with Crippen LogP contribution in [-0.4, -0.2) is 35.6 Å². The van der Waals surface area contributed by atoms with E-state index in [-0.39, 0.29) is 5.56 Å². The molecule has 2 aromatic carbocycles. The van der Waals surface area contributed by atoms with Gasteiger partial charge >= 0.3 is 5.97 Å². The Morgan fingerprint density at radius 3 is 2.78 bits per heavy atom. The second-order valence-electron chi connectivity index (χ2n) is 7.95. The number of benzene rings is 2. The van der Waals surface area contributed by atoms with Gasteiger partial charge in [-0.2, -0.15) is 0 Å². The number of aromatic carboxylic acids is 1. The molecule has 3 heterocycles. The molecule has 0 unspecified atom stereocenters. The summed E-state index contributed by atoms with van der Waals surface area (Å²) in [4.78, 5) is 29.0. The second kappa shape index (κ2) is 7.92. The summed E-state index contributed by atoms with van der Waals surface area (Å²) < 4.78 is 2.18. The molecule has 0 aliphatic rings. The first-order valence-electron chi connectivity index (χ1n) is 10.7. The molecule has 7 heteroatoms. The van der Waals surface area contributed by atoms with Crippen molar-refractivity contribution in [3.8, 4) is 11.4 Å². The number of carbonyl (C=O) groups is 1. The molecular weight excluding hydrogens is 402 g/mol. The highest BCUT2D eigenvalue weighted by molar-refractivity contribution is 5.96. The van der Waals surface area contributed by atoms with Crippen LogP contribution >= 0.6 is 0 Å². The van der Waals surface area contributed by atoms with Crippen LogP contribution in [0.1, 0.15) is 40.7 Å². The van der Waals surface area contributed by atoms with Gasteiger partial charge in [0.1, 0.15) is 17.2 Å². The van der Waals surface area contributed by atoms with Gasteiger partial charge in [0.05, 0.1) is 23.1 Å². The fourth-order valence-corrected chi connectivity index (χ4v) is 4.11. The van der Waals surface area contributed by atoms with Gasteiger partial charge in [-0.1, -0.05) is 31.2 Å². The number of fused-ring (bicyclic) bond motifs is 2. The van der Waals surface area contributed by atoms with Gasteiger partial charge in [-0.15, -0.1) is 0 Å². The molecule has 5 rings (SSSR count). The van der Waals surface area contributed by atoms with Crippen molar-refractivity contribution in [2.24, 2.45) is 0 Å². The highest BCUT2D eigenvalue weighted by atomic mass is 16.4. The number of aromatic nitrogens is 5. The van der Waals surface area contributed by atoms with Gasteiger partial charge < -0.3 is 14.7 Å². The van der Waals surface area contributed by atoms with Crippen molar-refractivity contribution >= 4 is 28.2 Å². The lowest BCUT2D eigenvalue weighted by molar-refractivity contribution is 0.0697. The van der Waals surface area contributed by atoms with Gasteiger partial charge in [-0.3, -0.25) is 0 Å². The molecule has 0 saturated carbocycles. The summed E-state index contributed by atoms with van der Waals surface area (Å²) in [5.74, 6) is 0.609. The van der Waals surface area contributed by atoms with Crippen LogP contribution < -0.4 is 0 Å². The summed E-state index contributed by atoms with van der Waals surface area (Å²) in [6.07, 6.45) is 3.72. The summed E-state index contributed by atoms with van der Waals surface area (Å²) in [6, 6.07) is 14.9. The number of carboxylic acids is 1. The largest absolute Gasteiger partial charge is 0.478 e. The van der Waals surface area contributed by atoms with E-state index in [1.807, 2.05) is 30.5 Å². The Bertz CT molecular complexity index is 1460. The lowest BCUT2D eigenvalue weighted by atomic mass is 10.1. The number of rotatable bonds is 6. The lowest BCUT2D eigenvalue weighted by Gasteiger charge is -2.08. The number of pyridine rings is 1. The van der Waals surface area contributed by atoms with Crippen molar-refractivity contribution in [3.05, 3.63) is 77.2 Å². The fraction of sp³-hybridized carbons (Fsp3) is 0.200. The summed E-state index contributed by atoms with van der Waals surface area (Å²) in [5.41, 5.74) is 6.52. The third-order valence-electron chi connectivity index (χ3n) is 5.69. The quantitative estimate of drug-likeness (QED) is 0.400. The Morgan fingerprint density at radius 2 is 1.97 bits per heavy atom. The van der Waals surface area contributed by atoms with Crippen LogP contribution in [0.4, 0.5) is 0 Å². The van der Waals surface area contributed by atoms with E-state index in [0.29, 0.717) is 17.9 Å². The van der Waals surface area contributed by atoms with Crippen LogP contribution in [0.3, 0.4) is 0 Å². The summed E-state index contributed by atoms with van der Waals surface area (Å²) in [6.45, 7) is 4.86. The molecule has 0 bridgehead atoms. The molecule has 5 aromatic rings. The number of carboxylic acid groups (broad SMARTS) is 1. The molecule has 0 radical (unpaired) electrons. The van der Waals surface area contributed by atoms with E-state index in [4.69, 9.17) is 4.98 Å². The normalized spacial score (nSPS) is 11.4. The van der Waals surface area contributed by atoms with E-state index < -0.39 is 5.97 Å². The Hall–Kier alpha value is -4.00. The fourth-order valence-electron chi connectivity index (χ4n) is 4.11. The van der Waals surface area contributed by atoms with E-state index in [1.165, 1.54) is 0 Å². The molecule has 32 heavy (non-hydrogen) atoms. The standard InChI is InChI=1S/C25H23N5O2/c1-3-6-21-29-22-15(2)11-12-26-24(22)30(21)14-16-9-10-19-20(13-16)28-23(27-19)17-7-4-5-8-18(17)25(31)32/h4-5,7-13H,3,6,14H2,1-2H3,(H,27,28)(H,31,32). The molecule has 0 spiro atoms. The first-order valence-corrected chi connectivity index (χ1v) is 10.7. The van der Waals surface area contributed by atoms with Gasteiger partial charge in [0.25, 0.3) is 0 Å². The number of nitrogens with one attached hydrogen (secondary N) is 1. The van der Waals surface area contributed by atoms with Crippen LogP contribution in [0.2, 0.25) is 0 Å². The monoisotopic (exact) mass is 425 g/mol. The van der Waals surface area contributed by atoms with Crippen molar-refractivity contribution in [1.82, 2.24) is 24.5 Å². The van der Waals surface area contributed by atoms with E-state index in [0.717, 1.165) is 52.0 Å². The minimum absolute atomic E-state index is 0.224. The van der Waals surface area contributed by atoms with Gasteiger partial charge in [-0.05, 0) is 48.7 Å². The summed E-state index contributed by atoms with van der Waals surface area (Å²) in [7, 11) is 0. The maximum Gasteiger partial charge on any atom is 0.336 e. The summed E-state index contributed by atoms with van der Waals surface area (Å²) >= 11 is 0. The molecule has 0 aliphatic carbocycles. The van der Waals surface area contributed by atoms with Gasteiger partial charge in [0, 0.05) is 18.2 Å². The van der Waals surface area contributed by atoms with E-state index in [9.17, 15) is 9.90 Å². The van der Waals surface area contributed by atoms with Crippen LogP contribution in [0.25, 0.3) is 33.6 Å². The Balaban J connectivity index is 1.56. The zero-order valence-electron chi connectivity index (χ0n) is 18.0. The van der Waals surface area contributed by atoms with Crippen LogP contribution in [-0.2, 0) is 13.0 Å². The van der Waals surface area contributed by atoms with Gasteiger partial charge in [0.2, 0.25) is 0 Å². The summed E-state index contributed by atoms with van der Waals surface area (Å²) in [5, 5.41) is 9.51. The van der Waals surface area contributed by atoms with Crippen LogP contribution in [0.15, 0.2) is 54.7 Å². The lowest BCUT2D eigenvalue weighted by Crippen LogP contribution is -2.06. The molecule has 0 fully saturated rings. The van der Waals surface area contributed by atoms with Gasteiger partial charge in [0.15, 0.2) is 5.65 Å². The molecule has 7 nitrogen and oxygen atoms in total. The van der Waals surface area contributed by atoms with Crippen molar-refractivity contribution in [1.29, 1.82) is 0 Å². The number of H-pyrrole nitrogens is 1. The third-order valence-corrected chi connectivity index (χ3v) is 5.69. The van der Waals surface area contributed by atoms with Gasteiger partial charge in [-0.25, -0.2) is 19.7 Å². The van der Waals surface area contributed by atoms with E-state index in [1.54, 1.807) is 18.2 Å². The molecule has 0 saturated heterocycles. The average Bonchev–Trinajstić information content (AvgIpc) is 3.36. The topological polar surface area (TPSA) is 96.7 Å². The number of aryl methyl sites for hydroxylation is 2. The smallest absolute Gasteiger partial charge is 0.336 e. The Labute approximate surface area is 184 Å². The van der Waals surface area contributed by atoms with Crippen molar-refractivity contribution in [2.75, 3.05) is 0 Å². The average molecular weight is 425 g/mol. The second-order valence-corrected chi connectivity index (χ2v) is 7.95. The van der Waals surface area contributed by atoms with Crippen LogP contribution in [0.5, 0.6) is 0 Å². The maximum atomic E-state index is 11.6. The number of aromatic amines is 1. The Kier molecular flexibility index (Phi) is 4.93. The molecular formula is C25H23N5O2. The molecule has 0 amide bonds. The van der Waals surface area contributed by atoms with Crippen molar-refractivity contribution in [2.45, 2.75) is 33.2 Å². The molecule has 3 aromatic heterocycles. The molecule has 0 atom stereocenters. The zero-order chi connectivity index (χ0) is 22.2. The highest BCUT2D eigenvalue weighted by Gasteiger charge is 2.16. The highest BCUT2D eigenvalue weighted by Crippen LogP contribution is 2.26. The molecule has 160 valence electrons. The minimum atomic E-state index is -0.972. The number of hydrogen-bond donors (Lipinski definition) is 2. The van der Waals surface area contributed by atoms with Crippen molar-refractivity contribution in [3.63, 3.8) is 0 Å².